The number of halogens is 3. The largest absolute Gasteiger partial charge is 0.573 e. The summed E-state index contributed by atoms with van der Waals surface area (Å²) in [6.45, 7) is 3.32. The Labute approximate surface area is 122 Å². The number of hydrogen-bond donors (Lipinski definition) is 1. The fraction of sp³-hybridized carbons (Fsp3) is 0.600. The van der Waals surface area contributed by atoms with E-state index in [9.17, 15) is 13.2 Å². The van der Waals surface area contributed by atoms with E-state index in [-0.39, 0.29) is 17.9 Å². The topological polar surface area (TPSA) is 30.5 Å². The Hall–Kier alpha value is -1.27. The minimum Gasteiger partial charge on any atom is -0.405 e. The molecule has 1 aliphatic heterocycles. The molecule has 1 aromatic carbocycles. The van der Waals surface area contributed by atoms with Crippen LogP contribution in [0, 0.1) is 0 Å². The fourth-order valence-electron chi connectivity index (χ4n) is 2.65. The first-order valence-electron chi connectivity index (χ1n) is 7.19. The number of ether oxygens (including phenoxy) is 2. The molecule has 2 atom stereocenters. The second-order valence-corrected chi connectivity index (χ2v) is 5.07. The van der Waals surface area contributed by atoms with Gasteiger partial charge in [-0.25, -0.2) is 0 Å². The maximum absolute atomic E-state index is 12.5. The van der Waals surface area contributed by atoms with Gasteiger partial charge in [-0.3, -0.25) is 0 Å². The Morgan fingerprint density at radius 3 is 2.76 bits per heavy atom. The number of alkyl halides is 3. The molecule has 0 saturated carbocycles. The van der Waals surface area contributed by atoms with Gasteiger partial charge in [0, 0.05) is 18.2 Å². The van der Waals surface area contributed by atoms with Crippen molar-refractivity contribution in [2.24, 2.45) is 0 Å². The summed E-state index contributed by atoms with van der Waals surface area (Å²) in [5, 5.41) is 3.22. The number of hydrogen-bond acceptors (Lipinski definition) is 3. The number of benzene rings is 1. The molecule has 0 amide bonds. The minimum absolute atomic E-state index is 0.0907. The van der Waals surface area contributed by atoms with Crippen LogP contribution in [0.5, 0.6) is 5.75 Å². The zero-order chi connectivity index (χ0) is 15.3. The maximum atomic E-state index is 12.5. The Morgan fingerprint density at radius 1 is 1.38 bits per heavy atom. The second kappa shape index (κ2) is 7.13. The quantitative estimate of drug-likeness (QED) is 0.867. The minimum atomic E-state index is -4.68. The van der Waals surface area contributed by atoms with Crippen LogP contribution < -0.4 is 10.1 Å². The van der Waals surface area contributed by atoms with E-state index < -0.39 is 6.36 Å². The van der Waals surface area contributed by atoms with Crippen molar-refractivity contribution in [2.45, 2.75) is 44.7 Å². The Balaban J connectivity index is 2.18. The standard InChI is InChI=1S/C15H20F3NO2/c1-2-19-13(10-11-6-5-9-20-11)12-7-3-4-8-14(12)21-15(16,17)18/h3-4,7-8,11,13,19H,2,5-6,9-10H2,1H3. The van der Waals surface area contributed by atoms with Gasteiger partial charge in [0.1, 0.15) is 5.75 Å². The normalized spacial score (nSPS) is 20.5. The Kier molecular flexibility index (Phi) is 5.47. The summed E-state index contributed by atoms with van der Waals surface area (Å²) in [5.74, 6) is -0.144. The van der Waals surface area contributed by atoms with Crippen LogP contribution in [0.15, 0.2) is 24.3 Å². The van der Waals surface area contributed by atoms with E-state index in [1.54, 1.807) is 18.2 Å². The molecule has 1 aliphatic rings. The van der Waals surface area contributed by atoms with Gasteiger partial charge in [-0.1, -0.05) is 25.1 Å². The van der Waals surface area contributed by atoms with Gasteiger partial charge in [-0.2, -0.15) is 0 Å². The van der Waals surface area contributed by atoms with E-state index in [4.69, 9.17) is 4.74 Å². The van der Waals surface area contributed by atoms with Crippen molar-refractivity contribution in [3.8, 4) is 5.75 Å². The molecule has 1 fully saturated rings. The molecule has 1 heterocycles. The molecule has 0 radical (unpaired) electrons. The third-order valence-electron chi connectivity index (χ3n) is 3.49. The van der Waals surface area contributed by atoms with Gasteiger partial charge in [0.05, 0.1) is 6.10 Å². The average Bonchev–Trinajstić information content (AvgIpc) is 2.90. The van der Waals surface area contributed by atoms with Crippen molar-refractivity contribution in [3.63, 3.8) is 0 Å². The highest BCUT2D eigenvalue weighted by Gasteiger charge is 2.33. The highest BCUT2D eigenvalue weighted by Crippen LogP contribution is 2.33. The third-order valence-corrected chi connectivity index (χ3v) is 3.49. The van der Waals surface area contributed by atoms with E-state index in [1.807, 2.05) is 6.92 Å². The van der Waals surface area contributed by atoms with Crippen molar-refractivity contribution in [1.29, 1.82) is 0 Å². The lowest BCUT2D eigenvalue weighted by Gasteiger charge is -2.24. The molecule has 0 aromatic heterocycles. The lowest BCUT2D eigenvalue weighted by molar-refractivity contribution is -0.275. The predicted octanol–water partition coefficient (Wildman–Crippen LogP) is 3.80. The first-order valence-corrected chi connectivity index (χ1v) is 7.19. The maximum Gasteiger partial charge on any atom is 0.573 e. The van der Waals surface area contributed by atoms with E-state index in [0.717, 1.165) is 19.4 Å². The Morgan fingerprint density at radius 2 is 2.14 bits per heavy atom. The summed E-state index contributed by atoms with van der Waals surface area (Å²) in [4.78, 5) is 0. The first-order chi connectivity index (χ1) is 9.99. The molecular formula is C15H20F3NO2. The molecule has 3 nitrogen and oxygen atoms in total. The van der Waals surface area contributed by atoms with Gasteiger partial charge in [0.25, 0.3) is 0 Å². The van der Waals surface area contributed by atoms with Gasteiger partial charge in [-0.05, 0) is 31.9 Å². The van der Waals surface area contributed by atoms with Gasteiger partial charge in [0.2, 0.25) is 0 Å². The summed E-state index contributed by atoms with van der Waals surface area (Å²) >= 11 is 0. The summed E-state index contributed by atoms with van der Waals surface area (Å²) < 4.78 is 47.3. The lowest BCUT2D eigenvalue weighted by atomic mass is 9.98. The average molecular weight is 303 g/mol. The van der Waals surface area contributed by atoms with Crippen molar-refractivity contribution in [1.82, 2.24) is 5.32 Å². The molecule has 21 heavy (non-hydrogen) atoms. The summed E-state index contributed by atoms with van der Waals surface area (Å²) in [6.07, 6.45) is -2.00. The molecule has 1 aromatic rings. The molecule has 0 aliphatic carbocycles. The fourth-order valence-corrected chi connectivity index (χ4v) is 2.65. The summed E-state index contributed by atoms with van der Waals surface area (Å²) in [7, 11) is 0. The SMILES string of the molecule is CCNC(CC1CCCO1)c1ccccc1OC(F)(F)F. The van der Waals surface area contributed by atoms with Gasteiger partial charge < -0.3 is 14.8 Å². The number of rotatable bonds is 6. The van der Waals surface area contributed by atoms with E-state index in [2.05, 4.69) is 10.1 Å². The highest BCUT2D eigenvalue weighted by atomic mass is 19.4. The van der Waals surface area contributed by atoms with Crippen LogP contribution in [0.3, 0.4) is 0 Å². The van der Waals surface area contributed by atoms with Crippen LogP contribution in [0.4, 0.5) is 13.2 Å². The molecule has 1 N–H and O–H groups in total. The van der Waals surface area contributed by atoms with Crippen molar-refractivity contribution < 1.29 is 22.6 Å². The van der Waals surface area contributed by atoms with Crippen LogP contribution in [0.25, 0.3) is 0 Å². The van der Waals surface area contributed by atoms with Crippen molar-refractivity contribution >= 4 is 0 Å². The first kappa shape index (κ1) is 16.1. The number of para-hydroxylation sites is 1. The summed E-state index contributed by atoms with van der Waals surface area (Å²) in [6, 6.07) is 6.07. The van der Waals surface area contributed by atoms with Crippen LogP contribution >= 0.6 is 0 Å². The molecule has 1 saturated heterocycles. The van der Waals surface area contributed by atoms with E-state index in [0.29, 0.717) is 18.5 Å². The van der Waals surface area contributed by atoms with Gasteiger partial charge >= 0.3 is 6.36 Å². The smallest absolute Gasteiger partial charge is 0.405 e. The van der Waals surface area contributed by atoms with Crippen LogP contribution in [-0.4, -0.2) is 25.6 Å². The molecule has 2 rings (SSSR count). The monoisotopic (exact) mass is 303 g/mol. The summed E-state index contributed by atoms with van der Waals surface area (Å²) in [5.41, 5.74) is 0.521. The van der Waals surface area contributed by atoms with Crippen LogP contribution in [0.2, 0.25) is 0 Å². The van der Waals surface area contributed by atoms with E-state index in [1.165, 1.54) is 6.07 Å². The van der Waals surface area contributed by atoms with Gasteiger partial charge in [0.15, 0.2) is 0 Å². The molecule has 2 unspecified atom stereocenters. The Bertz CT molecular complexity index is 445. The molecule has 0 bridgehead atoms. The second-order valence-electron chi connectivity index (χ2n) is 5.07. The van der Waals surface area contributed by atoms with Crippen LogP contribution in [-0.2, 0) is 4.74 Å². The molecule has 0 spiro atoms. The van der Waals surface area contributed by atoms with Crippen LogP contribution in [0.1, 0.15) is 37.8 Å². The molecule has 118 valence electrons. The van der Waals surface area contributed by atoms with Crippen molar-refractivity contribution in [2.75, 3.05) is 13.2 Å². The lowest BCUT2D eigenvalue weighted by Crippen LogP contribution is -2.27. The zero-order valence-electron chi connectivity index (χ0n) is 12.0. The zero-order valence-corrected chi connectivity index (χ0v) is 12.0. The van der Waals surface area contributed by atoms with Gasteiger partial charge in [-0.15, -0.1) is 13.2 Å². The highest BCUT2D eigenvalue weighted by molar-refractivity contribution is 5.36. The van der Waals surface area contributed by atoms with E-state index >= 15 is 0 Å². The number of nitrogens with one attached hydrogen (secondary N) is 1. The molecule has 6 heteroatoms. The van der Waals surface area contributed by atoms with Crippen molar-refractivity contribution in [3.05, 3.63) is 29.8 Å². The predicted molar refractivity (Wildman–Crippen MR) is 73.1 cm³/mol. The molecular weight excluding hydrogens is 283 g/mol. The third kappa shape index (κ3) is 4.89.